The van der Waals surface area contributed by atoms with E-state index in [4.69, 9.17) is 11.6 Å². The minimum atomic E-state index is -1.45. The molecule has 0 unspecified atom stereocenters. The van der Waals surface area contributed by atoms with Gasteiger partial charge >= 0.3 is 5.97 Å². The lowest BCUT2D eigenvalue weighted by Gasteiger charge is -2.24. The molecule has 0 spiro atoms. The zero-order valence-corrected chi connectivity index (χ0v) is 16.3. The molecular weight excluding hydrogens is 385 g/mol. The summed E-state index contributed by atoms with van der Waals surface area (Å²) in [6.07, 6.45) is 0.169. The number of rotatable bonds is 4. The summed E-state index contributed by atoms with van der Waals surface area (Å²) in [5.41, 5.74) is -0.510. The average Bonchev–Trinajstić information content (AvgIpc) is 2.96. The average molecular weight is 404 g/mol. The van der Waals surface area contributed by atoms with Crippen molar-refractivity contribution in [1.82, 2.24) is 4.57 Å². The van der Waals surface area contributed by atoms with E-state index in [2.05, 4.69) is 0 Å². The van der Waals surface area contributed by atoms with Gasteiger partial charge in [0.05, 0.1) is 10.9 Å². The van der Waals surface area contributed by atoms with Gasteiger partial charge in [-0.15, -0.1) is 0 Å². The van der Waals surface area contributed by atoms with Crippen molar-refractivity contribution in [3.05, 3.63) is 64.1 Å². The van der Waals surface area contributed by atoms with Gasteiger partial charge in [0.1, 0.15) is 0 Å². The van der Waals surface area contributed by atoms with E-state index < -0.39 is 28.9 Å². The Morgan fingerprint density at radius 1 is 1.25 bits per heavy atom. The number of carbonyl (C=O) groups excluding carboxylic acids is 1. The van der Waals surface area contributed by atoms with Crippen LogP contribution in [0.1, 0.15) is 41.9 Å². The van der Waals surface area contributed by atoms with Crippen molar-refractivity contribution in [3.63, 3.8) is 0 Å². The van der Waals surface area contributed by atoms with E-state index in [-0.39, 0.29) is 28.5 Å². The Bertz CT molecular complexity index is 1120. The SMILES string of the molecule is CC[C@@](C)(C(=O)O)c1c(C)n(C(=O)c2cccc(Cl)c2)c2ccc(O)c(F)c12. The highest BCUT2D eigenvalue weighted by Gasteiger charge is 2.40. The lowest BCUT2D eigenvalue weighted by atomic mass is 9.78. The highest BCUT2D eigenvalue weighted by molar-refractivity contribution is 6.31. The van der Waals surface area contributed by atoms with Crippen molar-refractivity contribution < 1.29 is 24.2 Å². The third-order valence-electron chi connectivity index (χ3n) is 5.29. The number of aromatic hydroxyl groups is 1. The molecule has 2 aromatic carbocycles. The number of hydrogen-bond donors (Lipinski definition) is 2. The predicted molar refractivity (Wildman–Crippen MR) is 105 cm³/mol. The lowest BCUT2D eigenvalue weighted by Crippen LogP contribution is -2.32. The van der Waals surface area contributed by atoms with Crippen LogP contribution in [-0.4, -0.2) is 26.7 Å². The number of aromatic nitrogens is 1. The van der Waals surface area contributed by atoms with E-state index in [0.717, 1.165) is 6.07 Å². The maximum absolute atomic E-state index is 14.9. The fourth-order valence-electron chi connectivity index (χ4n) is 3.57. The summed E-state index contributed by atoms with van der Waals surface area (Å²) in [6, 6.07) is 8.86. The third-order valence-corrected chi connectivity index (χ3v) is 5.53. The Labute approximate surface area is 166 Å². The zero-order chi connectivity index (χ0) is 20.8. The quantitative estimate of drug-likeness (QED) is 0.650. The smallest absolute Gasteiger partial charge is 0.313 e. The molecule has 3 rings (SSSR count). The van der Waals surface area contributed by atoms with Gasteiger partial charge < -0.3 is 10.2 Å². The second-order valence-electron chi connectivity index (χ2n) is 6.89. The molecule has 3 aromatic rings. The molecule has 0 aliphatic rings. The minimum Gasteiger partial charge on any atom is -0.505 e. The van der Waals surface area contributed by atoms with Crippen LogP contribution in [-0.2, 0) is 10.2 Å². The van der Waals surface area contributed by atoms with E-state index in [0.29, 0.717) is 10.7 Å². The highest BCUT2D eigenvalue weighted by atomic mass is 35.5. The molecule has 28 heavy (non-hydrogen) atoms. The van der Waals surface area contributed by atoms with Crippen molar-refractivity contribution in [2.24, 2.45) is 0 Å². The summed E-state index contributed by atoms with van der Waals surface area (Å²) in [7, 11) is 0. The van der Waals surface area contributed by atoms with Crippen LogP contribution in [0, 0.1) is 12.7 Å². The van der Waals surface area contributed by atoms with Crippen LogP contribution < -0.4 is 0 Å². The standard InChI is InChI=1S/C21H19ClFNO4/c1-4-21(3,20(27)28)17-11(2)24(14-8-9-15(25)18(23)16(14)17)19(26)12-6-5-7-13(22)10-12/h5-10,25H,4H2,1-3H3,(H,27,28)/t21-/m1/s1. The van der Waals surface area contributed by atoms with Crippen molar-refractivity contribution in [2.75, 3.05) is 0 Å². The number of aliphatic carboxylic acids is 1. The number of carbonyl (C=O) groups is 2. The zero-order valence-electron chi connectivity index (χ0n) is 15.6. The Balaban J connectivity index is 2.44. The van der Waals surface area contributed by atoms with Crippen LogP contribution in [0.25, 0.3) is 10.9 Å². The summed E-state index contributed by atoms with van der Waals surface area (Å²) < 4.78 is 16.2. The van der Waals surface area contributed by atoms with Gasteiger partial charge in [-0.2, -0.15) is 0 Å². The molecule has 0 saturated carbocycles. The molecule has 0 aliphatic heterocycles. The fourth-order valence-corrected chi connectivity index (χ4v) is 3.77. The predicted octanol–water partition coefficient (Wildman–Crippen LogP) is 4.89. The molecule has 0 aliphatic carbocycles. The number of fused-ring (bicyclic) bond motifs is 1. The second-order valence-corrected chi connectivity index (χ2v) is 7.33. The number of carboxylic acid groups (broad SMARTS) is 1. The monoisotopic (exact) mass is 403 g/mol. The van der Waals surface area contributed by atoms with Gasteiger partial charge in [-0.05, 0) is 50.6 Å². The molecule has 0 radical (unpaired) electrons. The highest BCUT2D eigenvalue weighted by Crippen LogP contribution is 2.41. The van der Waals surface area contributed by atoms with Crippen LogP contribution in [0.2, 0.25) is 5.02 Å². The molecule has 2 N–H and O–H groups in total. The first-order valence-corrected chi connectivity index (χ1v) is 9.07. The second kappa shape index (κ2) is 6.95. The maximum Gasteiger partial charge on any atom is 0.313 e. The Morgan fingerprint density at radius 2 is 1.93 bits per heavy atom. The van der Waals surface area contributed by atoms with Crippen LogP contribution in [0.5, 0.6) is 5.75 Å². The molecule has 1 atom stereocenters. The Kier molecular flexibility index (Phi) is 4.93. The minimum absolute atomic E-state index is 0.0698. The van der Waals surface area contributed by atoms with Gasteiger partial charge in [-0.3, -0.25) is 14.2 Å². The van der Waals surface area contributed by atoms with Gasteiger partial charge in [0.15, 0.2) is 11.6 Å². The summed E-state index contributed by atoms with van der Waals surface area (Å²) in [6.45, 7) is 4.73. The van der Waals surface area contributed by atoms with Gasteiger partial charge in [0.2, 0.25) is 0 Å². The van der Waals surface area contributed by atoms with Gasteiger partial charge in [0.25, 0.3) is 5.91 Å². The summed E-state index contributed by atoms with van der Waals surface area (Å²) in [5.74, 6) is -3.17. The van der Waals surface area contributed by atoms with E-state index >= 15 is 0 Å². The van der Waals surface area contributed by atoms with Crippen LogP contribution >= 0.6 is 11.6 Å². The summed E-state index contributed by atoms with van der Waals surface area (Å²) in [5, 5.41) is 20.0. The fraction of sp³-hybridized carbons (Fsp3) is 0.238. The molecule has 0 fully saturated rings. The van der Waals surface area contributed by atoms with Gasteiger partial charge in [-0.1, -0.05) is 24.6 Å². The first-order chi connectivity index (χ1) is 13.1. The topological polar surface area (TPSA) is 79.5 Å². The van der Waals surface area contributed by atoms with Crippen LogP contribution in [0.3, 0.4) is 0 Å². The summed E-state index contributed by atoms with van der Waals surface area (Å²) in [4.78, 5) is 25.2. The van der Waals surface area contributed by atoms with E-state index in [1.54, 1.807) is 32.0 Å². The largest absolute Gasteiger partial charge is 0.505 e. The number of phenolic OH excluding ortho intramolecular Hbond substituents is 1. The lowest BCUT2D eigenvalue weighted by molar-refractivity contribution is -0.143. The first kappa shape index (κ1) is 19.9. The molecule has 7 heteroatoms. The number of carboxylic acids is 1. The molecule has 1 aromatic heterocycles. The normalized spacial score (nSPS) is 13.5. The number of halogens is 2. The Hall–Kier alpha value is -2.86. The molecule has 1 heterocycles. The van der Waals surface area contributed by atoms with E-state index in [1.807, 2.05) is 0 Å². The first-order valence-electron chi connectivity index (χ1n) is 8.70. The van der Waals surface area contributed by atoms with E-state index in [9.17, 15) is 24.2 Å². The van der Waals surface area contributed by atoms with Crippen molar-refractivity contribution in [1.29, 1.82) is 0 Å². The molecule has 146 valence electrons. The molecule has 0 bridgehead atoms. The van der Waals surface area contributed by atoms with Crippen molar-refractivity contribution >= 4 is 34.4 Å². The molecule has 0 saturated heterocycles. The number of hydrogen-bond acceptors (Lipinski definition) is 3. The van der Waals surface area contributed by atoms with Crippen molar-refractivity contribution in [2.45, 2.75) is 32.6 Å². The molecular formula is C21H19ClFNO4. The van der Waals surface area contributed by atoms with E-state index in [1.165, 1.54) is 23.6 Å². The Morgan fingerprint density at radius 3 is 2.50 bits per heavy atom. The molecule has 5 nitrogen and oxygen atoms in total. The number of benzene rings is 2. The van der Waals surface area contributed by atoms with Crippen molar-refractivity contribution in [3.8, 4) is 5.75 Å². The molecule has 0 amide bonds. The maximum atomic E-state index is 14.9. The van der Waals surface area contributed by atoms with Gasteiger partial charge in [-0.25, -0.2) is 4.39 Å². The van der Waals surface area contributed by atoms with Crippen LogP contribution in [0.4, 0.5) is 4.39 Å². The summed E-state index contributed by atoms with van der Waals surface area (Å²) >= 11 is 5.99. The number of phenols is 1. The van der Waals surface area contributed by atoms with Crippen LogP contribution in [0.15, 0.2) is 36.4 Å². The number of nitrogens with zero attached hydrogens (tertiary/aromatic N) is 1. The third kappa shape index (κ3) is 2.85. The van der Waals surface area contributed by atoms with Gasteiger partial charge in [0, 0.05) is 27.2 Å².